The van der Waals surface area contributed by atoms with Gasteiger partial charge in [0.05, 0.1) is 0 Å². The molecule has 1 amide bonds. The average molecular weight is 321 g/mol. The molecule has 0 spiro atoms. The zero-order chi connectivity index (χ0) is 13.8. The minimum Gasteiger partial charge on any atom is -0.344 e. The second-order valence-electron chi connectivity index (χ2n) is 4.50. The predicted molar refractivity (Wildman–Crippen MR) is 81.6 cm³/mol. The molecule has 1 heterocycles. The smallest absolute Gasteiger partial charge is 0.272 e. The highest BCUT2D eigenvalue weighted by atomic mass is 79.9. The highest BCUT2D eigenvalue weighted by Gasteiger charge is 2.11. The molecule has 19 heavy (non-hydrogen) atoms. The van der Waals surface area contributed by atoms with E-state index in [2.05, 4.69) is 28.2 Å². The first-order valence-electron chi connectivity index (χ1n) is 6.34. The SMILES string of the molecule is CCCn1cccc1C(=O)Nc1cc(Br)ccc1C. The first-order valence-corrected chi connectivity index (χ1v) is 7.13. The second-order valence-corrected chi connectivity index (χ2v) is 5.42. The molecule has 0 aliphatic heterocycles. The van der Waals surface area contributed by atoms with Gasteiger partial charge in [0.2, 0.25) is 0 Å². The molecule has 0 bridgehead atoms. The summed E-state index contributed by atoms with van der Waals surface area (Å²) in [6.07, 6.45) is 2.94. The largest absolute Gasteiger partial charge is 0.344 e. The first kappa shape index (κ1) is 13.9. The van der Waals surface area contributed by atoms with Crippen LogP contribution in [0.25, 0.3) is 0 Å². The number of aryl methyl sites for hydroxylation is 2. The van der Waals surface area contributed by atoms with Crippen molar-refractivity contribution in [1.29, 1.82) is 0 Å². The van der Waals surface area contributed by atoms with Crippen molar-refractivity contribution in [3.63, 3.8) is 0 Å². The molecule has 3 nitrogen and oxygen atoms in total. The van der Waals surface area contributed by atoms with Crippen LogP contribution in [0.2, 0.25) is 0 Å². The second kappa shape index (κ2) is 6.06. The Morgan fingerprint density at radius 1 is 1.37 bits per heavy atom. The monoisotopic (exact) mass is 320 g/mol. The molecule has 0 atom stereocenters. The lowest BCUT2D eigenvalue weighted by molar-refractivity contribution is 0.101. The van der Waals surface area contributed by atoms with Gasteiger partial charge < -0.3 is 9.88 Å². The summed E-state index contributed by atoms with van der Waals surface area (Å²) in [5.41, 5.74) is 2.58. The number of nitrogens with zero attached hydrogens (tertiary/aromatic N) is 1. The maximum absolute atomic E-state index is 12.3. The summed E-state index contributed by atoms with van der Waals surface area (Å²) in [6, 6.07) is 9.60. The van der Waals surface area contributed by atoms with Gasteiger partial charge in [-0.05, 0) is 43.2 Å². The van der Waals surface area contributed by atoms with Gasteiger partial charge in [-0.2, -0.15) is 0 Å². The lowest BCUT2D eigenvalue weighted by Gasteiger charge is -2.11. The Bertz CT molecular complexity index is 590. The average Bonchev–Trinajstić information content (AvgIpc) is 2.82. The molecule has 0 radical (unpaired) electrons. The summed E-state index contributed by atoms with van der Waals surface area (Å²) >= 11 is 3.42. The van der Waals surface area contributed by atoms with E-state index in [1.54, 1.807) is 0 Å². The summed E-state index contributed by atoms with van der Waals surface area (Å²) < 4.78 is 2.93. The van der Waals surface area contributed by atoms with Crippen LogP contribution in [-0.4, -0.2) is 10.5 Å². The molecule has 1 N–H and O–H groups in total. The Balaban J connectivity index is 2.21. The minimum atomic E-state index is -0.0698. The molecule has 0 unspecified atom stereocenters. The van der Waals surface area contributed by atoms with Crippen molar-refractivity contribution in [1.82, 2.24) is 4.57 Å². The van der Waals surface area contributed by atoms with Crippen molar-refractivity contribution in [3.8, 4) is 0 Å². The predicted octanol–water partition coefficient (Wildman–Crippen LogP) is 4.22. The fourth-order valence-corrected chi connectivity index (χ4v) is 2.33. The number of rotatable bonds is 4. The lowest BCUT2D eigenvalue weighted by atomic mass is 10.2. The van der Waals surface area contributed by atoms with Crippen LogP contribution in [0.4, 0.5) is 5.69 Å². The number of benzene rings is 1. The van der Waals surface area contributed by atoms with Crippen molar-refractivity contribution in [2.24, 2.45) is 0 Å². The molecule has 0 saturated heterocycles. The van der Waals surface area contributed by atoms with Crippen molar-refractivity contribution >= 4 is 27.5 Å². The highest BCUT2D eigenvalue weighted by molar-refractivity contribution is 9.10. The van der Waals surface area contributed by atoms with E-state index in [0.29, 0.717) is 5.69 Å². The zero-order valence-electron chi connectivity index (χ0n) is 11.1. The van der Waals surface area contributed by atoms with Crippen molar-refractivity contribution in [2.45, 2.75) is 26.8 Å². The Kier molecular flexibility index (Phi) is 4.43. The maximum atomic E-state index is 12.3. The third kappa shape index (κ3) is 3.26. The zero-order valence-corrected chi connectivity index (χ0v) is 12.7. The molecule has 2 rings (SSSR count). The fourth-order valence-electron chi connectivity index (χ4n) is 1.97. The molecule has 4 heteroatoms. The number of halogens is 1. The molecule has 0 aliphatic carbocycles. The topological polar surface area (TPSA) is 34.0 Å². The minimum absolute atomic E-state index is 0.0698. The van der Waals surface area contributed by atoms with Crippen molar-refractivity contribution in [3.05, 3.63) is 52.3 Å². The van der Waals surface area contributed by atoms with Crippen LogP contribution in [-0.2, 0) is 6.54 Å². The van der Waals surface area contributed by atoms with Crippen LogP contribution >= 0.6 is 15.9 Å². The van der Waals surface area contributed by atoms with Gasteiger partial charge in [0.15, 0.2) is 0 Å². The van der Waals surface area contributed by atoms with E-state index in [-0.39, 0.29) is 5.91 Å². The summed E-state index contributed by atoms with van der Waals surface area (Å²) in [7, 11) is 0. The van der Waals surface area contributed by atoms with E-state index < -0.39 is 0 Å². The van der Waals surface area contributed by atoms with Gasteiger partial charge in [-0.25, -0.2) is 0 Å². The summed E-state index contributed by atoms with van der Waals surface area (Å²) in [4.78, 5) is 12.3. The molecular formula is C15H17BrN2O. The first-order chi connectivity index (χ1) is 9.11. The molecule has 1 aromatic carbocycles. The number of hydrogen-bond donors (Lipinski definition) is 1. The van der Waals surface area contributed by atoms with E-state index in [1.807, 2.05) is 48.0 Å². The Morgan fingerprint density at radius 2 is 2.16 bits per heavy atom. The Hall–Kier alpha value is -1.55. The van der Waals surface area contributed by atoms with Crippen molar-refractivity contribution < 1.29 is 4.79 Å². The summed E-state index contributed by atoms with van der Waals surface area (Å²) in [5.74, 6) is -0.0698. The van der Waals surface area contributed by atoms with Crippen LogP contribution in [0, 0.1) is 6.92 Å². The van der Waals surface area contributed by atoms with Gasteiger partial charge in [-0.3, -0.25) is 4.79 Å². The van der Waals surface area contributed by atoms with E-state index in [4.69, 9.17) is 0 Å². The van der Waals surface area contributed by atoms with Gasteiger partial charge in [0.25, 0.3) is 5.91 Å². The molecular weight excluding hydrogens is 304 g/mol. The number of hydrogen-bond acceptors (Lipinski definition) is 1. The van der Waals surface area contributed by atoms with Crippen LogP contribution in [0.1, 0.15) is 29.4 Å². The molecule has 1 aromatic heterocycles. The number of nitrogens with one attached hydrogen (secondary N) is 1. The summed E-state index contributed by atoms with van der Waals surface area (Å²) in [6.45, 7) is 4.93. The quantitative estimate of drug-likeness (QED) is 0.899. The van der Waals surface area contributed by atoms with Crippen LogP contribution in [0.15, 0.2) is 41.0 Å². The van der Waals surface area contributed by atoms with Crippen LogP contribution in [0.5, 0.6) is 0 Å². The van der Waals surface area contributed by atoms with E-state index in [0.717, 1.165) is 28.7 Å². The number of carbonyl (C=O) groups is 1. The molecule has 0 aliphatic rings. The molecule has 0 fully saturated rings. The Morgan fingerprint density at radius 3 is 2.89 bits per heavy atom. The molecule has 2 aromatic rings. The maximum Gasteiger partial charge on any atom is 0.272 e. The highest BCUT2D eigenvalue weighted by Crippen LogP contribution is 2.21. The molecule has 0 saturated carbocycles. The van der Waals surface area contributed by atoms with Crippen molar-refractivity contribution in [2.75, 3.05) is 5.32 Å². The van der Waals surface area contributed by atoms with Crippen LogP contribution in [0.3, 0.4) is 0 Å². The number of anilines is 1. The number of amides is 1. The van der Waals surface area contributed by atoms with Gasteiger partial charge in [-0.1, -0.05) is 28.9 Å². The van der Waals surface area contributed by atoms with E-state index in [9.17, 15) is 4.79 Å². The number of aromatic nitrogens is 1. The van der Waals surface area contributed by atoms with E-state index in [1.165, 1.54) is 0 Å². The third-order valence-corrected chi connectivity index (χ3v) is 3.47. The Labute approximate surface area is 121 Å². The fraction of sp³-hybridized carbons (Fsp3) is 0.267. The van der Waals surface area contributed by atoms with E-state index >= 15 is 0 Å². The van der Waals surface area contributed by atoms with Crippen LogP contribution < -0.4 is 5.32 Å². The van der Waals surface area contributed by atoms with Gasteiger partial charge >= 0.3 is 0 Å². The normalized spacial score (nSPS) is 10.5. The summed E-state index contributed by atoms with van der Waals surface area (Å²) in [5, 5.41) is 2.96. The number of carbonyl (C=O) groups excluding carboxylic acids is 1. The standard InChI is InChI=1S/C15H17BrN2O/c1-3-8-18-9-4-5-14(18)15(19)17-13-10-12(16)7-6-11(13)2/h4-7,9-10H,3,8H2,1-2H3,(H,17,19). The molecule has 100 valence electrons. The van der Waals surface area contributed by atoms with Gasteiger partial charge in [-0.15, -0.1) is 0 Å². The third-order valence-electron chi connectivity index (χ3n) is 2.97. The van der Waals surface area contributed by atoms with Gasteiger partial charge in [0.1, 0.15) is 5.69 Å². The lowest BCUT2D eigenvalue weighted by Crippen LogP contribution is -2.17. The van der Waals surface area contributed by atoms with Gasteiger partial charge in [0, 0.05) is 22.9 Å².